The zero-order chi connectivity index (χ0) is 27.4. The highest BCUT2D eigenvalue weighted by molar-refractivity contribution is 7.89. The van der Waals surface area contributed by atoms with Crippen LogP contribution in [-0.4, -0.2) is 91.9 Å². The van der Waals surface area contributed by atoms with Crippen molar-refractivity contribution in [1.82, 2.24) is 14.5 Å². The SMILES string of the molecule is O=C(C[C@H]1CC[C@H]2[C@@H](COC[C@@H](O)CN2S(=O)(=O)c2ccc(F)cc2)O1)N[C@@H]1CCN(Cc2ccccc2)C1. The third-order valence-corrected chi connectivity index (χ3v) is 9.56. The van der Waals surface area contributed by atoms with Gasteiger partial charge in [0.15, 0.2) is 0 Å². The van der Waals surface area contributed by atoms with Crippen molar-refractivity contribution in [3.63, 3.8) is 0 Å². The number of halogens is 1. The minimum absolute atomic E-state index is 0.0334. The van der Waals surface area contributed by atoms with Gasteiger partial charge in [-0.15, -0.1) is 0 Å². The van der Waals surface area contributed by atoms with E-state index in [1.54, 1.807) is 0 Å². The van der Waals surface area contributed by atoms with Crippen molar-refractivity contribution in [3.05, 3.63) is 66.0 Å². The van der Waals surface area contributed by atoms with E-state index in [4.69, 9.17) is 9.47 Å². The first-order chi connectivity index (χ1) is 18.8. The van der Waals surface area contributed by atoms with Crippen molar-refractivity contribution in [2.24, 2.45) is 0 Å². The number of fused-ring (bicyclic) bond motifs is 1. The van der Waals surface area contributed by atoms with Gasteiger partial charge in [0.1, 0.15) is 5.82 Å². The van der Waals surface area contributed by atoms with Crippen molar-refractivity contribution in [3.8, 4) is 0 Å². The summed E-state index contributed by atoms with van der Waals surface area (Å²) >= 11 is 0. The maximum absolute atomic E-state index is 13.5. The molecule has 11 heteroatoms. The Balaban J connectivity index is 1.18. The number of β-amino-alcohol motifs (C(OH)–C–C–N with tert-alkyl or cyclic N) is 1. The zero-order valence-electron chi connectivity index (χ0n) is 21.8. The summed E-state index contributed by atoms with van der Waals surface area (Å²) in [7, 11) is -4.02. The number of nitrogens with zero attached hydrogens (tertiary/aromatic N) is 2. The molecule has 3 fully saturated rings. The lowest BCUT2D eigenvalue weighted by molar-refractivity contribution is -0.146. The largest absolute Gasteiger partial charge is 0.389 e. The molecule has 3 saturated heterocycles. The maximum Gasteiger partial charge on any atom is 0.243 e. The number of ether oxygens (including phenoxy) is 2. The van der Waals surface area contributed by atoms with E-state index in [9.17, 15) is 22.7 Å². The summed E-state index contributed by atoms with van der Waals surface area (Å²) < 4.78 is 53.5. The smallest absolute Gasteiger partial charge is 0.243 e. The van der Waals surface area contributed by atoms with E-state index in [0.717, 1.165) is 38.2 Å². The molecular weight excluding hydrogens is 525 g/mol. The van der Waals surface area contributed by atoms with Gasteiger partial charge < -0.3 is 19.9 Å². The van der Waals surface area contributed by atoms with Crippen LogP contribution in [0.25, 0.3) is 0 Å². The average molecular weight is 562 g/mol. The van der Waals surface area contributed by atoms with E-state index in [1.165, 1.54) is 22.0 Å². The second-order valence-corrected chi connectivity index (χ2v) is 12.5. The molecule has 2 N–H and O–H groups in total. The fourth-order valence-corrected chi connectivity index (χ4v) is 7.46. The molecule has 0 saturated carbocycles. The molecule has 39 heavy (non-hydrogen) atoms. The van der Waals surface area contributed by atoms with Crippen LogP contribution in [0, 0.1) is 5.82 Å². The van der Waals surface area contributed by atoms with E-state index >= 15 is 0 Å². The summed E-state index contributed by atoms with van der Waals surface area (Å²) in [5, 5.41) is 13.5. The van der Waals surface area contributed by atoms with Gasteiger partial charge >= 0.3 is 0 Å². The molecule has 0 unspecified atom stereocenters. The van der Waals surface area contributed by atoms with Crippen molar-refractivity contribution < 1.29 is 32.2 Å². The van der Waals surface area contributed by atoms with Crippen LogP contribution in [0.4, 0.5) is 4.39 Å². The maximum atomic E-state index is 13.5. The Kier molecular flexibility index (Phi) is 8.95. The molecule has 9 nitrogen and oxygen atoms in total. The Hall–Kier alpha value is -2.41. The van der Waals surface area contributed by atoms with Crippen LogP contribution >= 0.6 is 0 Å². The number of nitrogens with one attached hydrogen (secondary N) is 1. The summed E-state index contributed by atoms with van der Waals surface area (Å²) in [6.45, 7) is 2.49. The number of sulfonamides is 1. The fourth-order valence-electron chi connectivity index (χ4n) is 5.74. The molecule has 5 atom stereocenters. The second kappa shape index (κ2) is 12.4. The quantitative estimate of drug-likeness (QED) is 0.532. The Morgan fingerprint density at radius 1 is 1.03 bits per heavy atom. The zero-order valence-corrected chi connectivity index (χ0v) is 22.6. The van der Waals surface area contributed by atoms with Crippen molar-refractivity contribution in [1.29, 1.82) is 0 Å². The number of hydrogen-bond donors (Lipinski definition) is 2. The minimum Gasteiger partial charge on any atom is -0.389 e. The molecule has 0 bridgehead atoms. The number of rotatable bonds is 7. The van der Waals surface area contributed by atoms with Gasteiger partial charge in [0.25, 0.3) is 0 Å². The molecule has 0 aliphatic carbocycles. The van der Waals surface area contributed by atoms with Crippen LogP contribution in [0.2, 0.25) is 0 Å². The highest BCUT2D eigenvalue weighted by atomic mass is 32.2. The standard InChI is InChI=1S/C28H36FN3O6S/c29-21-6-9-25(10-7-21)39(35,36)32-17-23(33)18-37-19-27-26(32)11-8-24(38-27)14-28(34)30-22-12-13-31(16-22)15-20-4-2-1-3-5-20/h1-7,9-10,22-24,26-27,33H,8,11-19H2,(H,30,34)/t22-,23+,24-,26+,27-/m1/s1. The van der Waals surface area contributed by atoms with Crippen LogP contribution in [0.3, 0.4) is 0 Å². The molecule has 0 spiro atoms. The Bertz CT molecular complexity index is 1220. The summed E-state index contributed by atoms with van der Waals surface area (Å²) in [6, 6.07) is 14.4. The summed E-state index contributed by atoms with van der Waals surface area (Å²) in [5.41, 5.74) is 1.25. The molecule has 0 aromatic heterocycles. The fraction of sp³-hybridized carbons (Fsp3) is 0.536. The summed E-state index contributed by atoms with van der Waals surface area (Å²) in [6.07, 6.45) is 0.0617. The lowest BCUT2D eigenvalue weighted by Gasteiger charge is -2.43. The molecule has 2 aromatic rings. The number of amides is 1. The second-order valence-electron chi connectivity index (χ2n) is 10.6. The van der Waals surface area contributed by atoms with E-state index in [-0.39, 0.29) is 49.1 Å². The number of aliphatic hydroxyl groups excluding tert-OH is 1. The first kappa shape index (κ1) is 28.1. The van der Waals surface area contributed by atoms with E-state index in [0.29, 0.717) is 12.8 Å². The van der Waals surface area contributed by atoms with Crippen molar-refractivity contribution in [2.45, 2.75) is 67.5 Å². The first-order valence-corrected chi connectivity index (χ1v) is 15.0. The van der Waals surface area contributed by atoms with Gasteiger partial charge in [-0.25, -0.2) is 12.8 Å². The monoisotopic (exact) mass is 561 g/mol. The van der Waals surface area contributed by atoms with Crippen LogP contribution in [-0.2, 0) is 30.8 Å². The molecule has 2 aromatic carbocycles. The molecular formula is C28H36FN3O6S. The molecule has 3 aliphatic rings. The van der Waals surface area contributed by atoms with Crippen LogP contribution in [0.5, 0.6) is 0 Å². The first-order valence-electron chi connectivity index (χ1n) is 13.5. The van der Waals surface area contributed by atoms with Crippen molar-refractivity contribution in [2.75, 3.05) is 32.8 Å². The topological polar surface area (TPSA) is 108 Å². The Morgan fingerprint density at radius 2 is 1.79 bits per heavy atom. The normalized spacial score (nSPS) is 28.8. The van der Waals surface area contributed by atoms with Crippen molar-refractivity contribution >= 4 is 15.9 Å². The summed E-state index contributed by atoms with van der Waals surface area (Å²) in [4.78, 5) is 15.2. The molecule has 1 amide bonds. The van der Waals surface area contributed by atoms with Gasteiger partial charge in [-0.05, 0) is 49.1 Å². The number of carbonyl (C=O) groups excluding carboxylic acids is 1. The van der Waals surface area contributed by atoms with Gasteiger partial charge in [0, 0.05) is 32.2 Å². The molecule has 3 heterocycles. The number of hydrogen-bond acceptors (Lipinski definition) is 7. The lowest BCUT2D eigenvalue weighted by Crippen LogP contribution is -2.57. The van der Waals surface area contributed by atoms with Gasteiger partial charge in [0.05, 0.1) is 48.9 Å². The lowest BCUT2D eigenvalue weighted by atomic mass is 9.96. The van der Waals surface area contributed by atoms with Crippen LogP contribution in [0.15, 0.2) is 59.5 Å². The third kappa shape index (κ3) is 7.03. The van der Waals surface area contributed by atoms with Crippen LogP contribution in [0.1, 0.15) is 31.2 Å². The van der Waals surface area contributed by atoms with E-state index < -0.39 is 34.1 Å². The minimum atomic E-state index is -4.02. The predicted octanol–water partition coefficient (Wildman–Crippen LogP) is 1.90. The highest BCUT2D eigenvalue weighted by Gasteiger charge is 2.43. The molecule has 212 valence electrons. The predicted molar refractivity (Wildman–Crippen MR) is 142 cm³/mol. The summed E-state index contributed by atoms with van der Waals surface area (Å²) in [5.74, 6) is -0.612. The third-order valence-electron chi connectivity index (χ3n) is 7.65. The highest BCUT2D eigenvalue weighted by Crippen LogP contribution is 2.31. The number of aliphatic hydroxyl groups is 1. The van der Waals surface area contributed by atoms with Gasteiger partial charge in [0.2, 0.25) is 15.9 Å². The van der Waals surface area contributed by atoms with Gasteiger partial charge in [-0.1, -0.05) is 30.3 Å². The number of benzene rings is 2. The Labute approximate surface area is 228 Å². The van der Waals surface area contributed by atoms with Crippen LogP contribution < -0.4 is 5.32 Å². The average Bonchev–Trinajstić information content (AvgIpc) is 3.33. The Morgan fingerprint density at radius 3 is 2.56 bits per heavy atom. The van der Waals surface area contributed by atoms with Gasteiger partial charge in [-0.3, -0.25) is 9.69 Å². The molecule has 5 rings (SSSR count). The molecule has 3 aliphatic heterocycles. The van der Waals surface area contributed by atoms with E-state index in [1.807, 2.05) is 18.2 Å². The number of likely N-dealkylation sites (tertiary alicyclic amines) is 1. The molecule has 0 radical (unpaired) electrons. The van der Waals surface area contributed by atoms with E-state index in [2.05, 4.69) is 22.3 Å². The van der Waals surface area contributed by atoms with Gasteiger partial charge in [-0.2, -0.15) is 4.31 Å². The number of carbonyl (C=O) groups is 1.